The first kappa shape index (κ1) is 12.9. The molecular formula is C10H12N2O5S. The van der Waals surface area contributed by atoms with Crippen molar-refractivity contribution in [2.24, 2.45) is 0 Å². The zero-order chi connectivity index (χ0) is 13.3. The van der Waals surface area contributed by atoms with E-state index in [1.807, 2.05) is 0 Å². The highest BCUT2D eigenvalue weighted by Gasteiger charge is 2.33. The average molecular weight is 272 g/mol. The van der Waals surface area contributed by atoms with Gasteiger partial charge in [0.1, 0.15) is 0 Å². The van der Waals surface area contributed by atoms with E-state index >= 15 is 0 Å². The lowest BCUT2D eigenvalue weighted by molar-refractivity contribution is -0.387. The fraction of sp³-hybridized carbons (Fsp3) is 0.400. The largest absolute Gasteiger partial charge is 0.393 e. The van der Waals surface area contributed by atoms with Crippen molar-refractivity contribution in [2.75, 3.05) is 0 Å². The number of nitro benzene ring substituents is 1. The van der Waals surface area contributed by atoms with Gasteiger partial charge in [-0.05, 0) is 18.9 Å². The Kier molecular flexibility index (Phi) is 3.33. The molecule has 0 amide bonds. The number of hydrogen-bond donors (Lipinski definition) is 2. The minimum atomic E-state index is -3.92. The van der Waals surface area contributed by atoms with Gasteiger partial charge in [-0.1, -0.05) is 12.1 Å². The van der Waals surface area contributed by atoms with Crippen LogP contribution in [0.25, 0.3) is 0 Å². The van der Waals surface area contributed by atoms with Crippen LogP contribution >= 0.6 is 0 Å². The van der Waals surface area contributed by atoms with Crippen LogP contribution in [0.4, 0.5) is 5.69 Å². The Balaban J connectivity index is 2.27. The van der Waals surface area contributed by atoms with E-state index in [4.69, 9.17) is 5.11 Å². The Morgan fingerprint density at radius 1 is 1.33 bits per heavy atom. The lowest BCUT2D eigenvalue weighted by atomic mass is 9.91. The highest BCUT2D eigenvalue weighted by Crippen LogP contribution is 2.26. The zero-order valence-electron chi connectivity index (χ0n) is 9.31. The number of nitrogens with zero attached hydrogens (tertiary/aromatic N) is 1. The maximum atomic E-state index is 12.0. The minimum absolute atomic E-state index is 0.333. The van der Waals surface area contributed by atoms with Gasteiger partial charge < -0.3 is 5.11 Å². The quantitative estimate of drug-likeness (QED) is 0.609. The van der Waals surface area contributed by atoms with Crippen molar-refractivity contribution in [2.45, 2.75) is 29.9 Å². The van der Waals surface area contributed by atoms with E-state index in [0.717, 1.165) is 6.07 Å². The molecule has 1 aliphatic rings. The molecule has 1 fully saturated rings. The SMILES string of the molecule is O=[N+]([O-])c1ccccc1S(=O)(=O)NC1CC(O)C1. The molecule has 1 saturated carbocycles. The van der Waals surface area contributed by atoms with Gasteiger partial charge in [-0.3, -0.25) is 10.1 Å². The van der Waals surface area contributed by atoms with Crippen molar-refractivity contribution in [3.63, 3.8) is 0 Å². The predicted octanol–water partition coefficient (Wildman–Crippen LogP) is 0.396. The van der Waals surface area contributed by atoms with Crippen molar-refractivity contribution in [3.05, 3.63) is 34.4 Å². The van der Waals surface area contributed by atoms with Crippen LogP contribution in [0.1, 0.15) is 12.8 Å². The molecular weight excluding hydrogens is 260 g/mol. The average Bonchev–Trinajstić information content (AvgIpc) is 2.26. The molecule has 0 saturated heterocycles. The molecule has 2 rings (SSSR count). The number of rotatable bonds is 4. The maximum absolute atomic E-state index is 12.0. The second-order valence-electron chi connectivity index (χ2n) is 4.17. The molecule has 2 N–H and O–H groups in total. The van der Waals surface area contributed by atoms with Crippen molar-refractivity contribution in [3.8, 4) is 0 Å². The van der Waals surface area contributed by atoms with Crippen molar-refractivity contribution >= 4 is 15.7 Å². The summed E-state index contributed by atoms with van der Waals surface area (Å²) in [4.78, 5) is 9.68. The summed E-state index contributed by atoms with van der Waals surface area (Å²) >= 11 is 0. The molecule has 7 nitrogen and oxygen atoms in total. The van der Waals surface area contributed by atoms with Gasteiger partial charge in [0, 0.05) is 12.1 Å². The molecule has 98 valence electrons. The Morgan fingerprint density at radius 2 is 1.94 bits per heavy atom. The van der Waals surface area contributed by atoms with Gasteiger partial charge in [-0.2, -0.15) is 0 Å². The van der Waals surface area contributed by atoms with E-state index in [9.17, 15) is 18.5 Å². The smallest absolute Gasteiger partial charge is 0.289 e. The molecule has 0 unspecified atom stereocenters. The summed E-state index contributed by atoms with van der Waals surface area (Å²) in [5, 5.41) is 19.8. The number of sulfonamides is 1. The lowest BCUT2D eigenvalue weighted by Gasteiger charge is -2.31. The molecule has 0 heterocycles. The van der Waals surface area contributed by atoms with Crippen molar-refractivity contribution in [1.29, 1.82) is 0 Å². The number of benzene rings is 1. The summed E-state index contributed by atoms with van der Waals surface area (Å²) in [5.74, 6) is 0. The fourth-order valence-corrected chi connectivity index (χ4v) is 3.24. The fourth-order valence-electron chi connectivity index (χ4n) is 1.80. The van der Waals surface area contributed by atoms with Crippen LogP contribution in [0.15, 0.2) is 29.2 Å². The van der Waals surface area contributed by atoms with Crippen LogP contribution in [-0.4, -0.2) is 30.6 Å². The highest BCUT2D eigenvalue weighted by atomic mass is 32.2. The van der Waals surface area contributed by atoms with Crippen molar-refractivity contribution < 1.29 is 18.4 Å². The summed E-state index contributed by atoms with van der Waals surface area (Å²) in [6.45, 7) is 0. The minimum Gasteiger partial charge on any atom is -0.393 e. The first-order chi connectivity index (χ1) is 8.40. The molecule has 18 heavy (non-hydrogen) atoms. The number of aliphatic hydroxyl groups is 1. The number of aliphatic hydroxyl groups excluding tert-OH is 1. The molecule has 0 radical (unpaired) electrons. The van der Waals surface area contributed by atoms with E-state index in [0.29, 0.717) is 12.8 Å². The Bertz CT molecular complexity index is 565. The van der Waals surface area contributed by atoms with E-state index < -0.39 is 26.7 Å². The third-order valence-electron chi connectivity index (χ3n) is 2.79. The highest BCUT2D eigenvalue weighted by molar-refractivity contribution is 7.89. The predicted molar refractivity (Wildman–Crippen MR) is 62.4 cm³/mol. The van der Waals surface area contributed by atoms with Gasteiger partial charge in [-0.25, -0.2) is 13.1 Å². The molecule has 8 heteroatoms. The summed E-state index contributed by atoms with van der Waals surface area (Å²) in [6.07, 6.45) is 0.170. The Hall–Kier alpha value is -1.51. The van der Waals surface area contributed by atoms with E-state index in [1.54, 1.807) is 0 Å². The van der Waals surface area contributed by atoms with Gasteiger partial charge in [0.05, 0.1) is 11.0 Å². The third-order valence-corrected chi connectivity index (χ3v) is 4.35. The number of hydrogen-bond acceptors (Lipinski definition) is 5. The van der Waals surface area contributed by atoms with Crippen LogP contribution in [0.3, 0.4) is 0 Å². The molecule has 1 aliphatic carbocycles. The second kappa shape index (κ2) is 4.63. The first-order valence-corrected chi connectivity index (χ1v) is 6.82. The van der Waals surface area contributed by atoms with Crippen LogP contribution in [0.2, 0.25) is 0 Å². The standard InChI is InChI=1S/C10H12N2O5S/c13-8-5-7(6-8)11-18(16,17)10-4-2-1-3-9(10)12(14)15/h1-4,7-8,11,13H,5-6H2. The lowest BCUT2D eigenvalue weighted by Crippen LogP contribution is -2.46. The molecule has 0 bridgehead atoms. The number of para-hydroxylation sites is 1. The van der Waals surface area contributed by atoms with Gasteiger partial charge in [-0.15, -0.1) is 0 Å². The molecule has 0 spiro atoms. The molecule has 0 aliphatic heterocycles. The van der Waals surface area contributed by atoms with E-state index in [2.05, 4.69) is 4.72 Å². The number of nitro groups is 1. The van der Waals surface area contributed by atoms with Crippen LogP contribution in [-0.2, 0) is 10.0 Å². The van der Waals surface area contributed by atoms with E-state index in [-0.39, 0.29) is 10.9 Å². The van der Waals surface area contributed by atoms with Gasteiger partial charge in [0.15, 0.2) is 4.90 Å². The maximum Gasteiger partial charge on any atom is 0.289 e. The van der Waals surface area contributed by atoms with Gasteiger partial charge >= 0.3 is 0 Å². The Morgan fingerprint density at radius 3 is 2.50 bits per heavy atom. The first-order valence-electron chi connectivity index (χ1n) is 5.34. The Labute approximate surface area is 104 Å². The molecule has 1 aromatic rings. The molecule has 0 aromatic heterocycles. The zero-order valence-corrected chi connectivity index (χ0v) is 10.1. The molecule has 0 atom stereocenters. The number of nitrogens with one attached hydrogen (secondary N) is 1. The summed E-state index contributed by atoms with van der Waals surface area (Å²) in [6, 6.07) is 4.81. The van der Waals surface area contributed by atoms with E-state index in [1.165, 1.54) is 18.2 Å². The summed E-state index contributed by atoms with van der Waals surface area (Å²) in [7, 11) is -3.92. The topological polar surface area (TPSA) is 110 Å². The summed E-state index contributed by atoms with van der Waals surface area (Å²) in [5.41, 5.74) is -0.454. The van der Waals surface area contributed by atoms with Crippen LogP contribution in [0.5, 0.6) is 0 Å². The summed E-state index contributed by atoms with van der Waals surface area (Å²) < 4.78 is 26.3. The van der Waals surface area contributed by atoms with Crippen LogP contribution < -0.4 is 4.72 Å². The second-order valence-corrected chi connectivity index (χ2v) is 5.85. The van der Waals surface area contributed by atoms with Gasteiger partial charge in [0.25, 0.3) is 5.69 Å². The van der Waals surface area contributed by atoms with Crippen LogP contribution in [0, 0.1) is 10.1 Å². The van der Waals surface area contributed by atoms with Crippen molar-refractivity contribution in [1.82, 2.24) is 4.72 Å². The molecule has 1 aromatic carbocycles. The monoisotopic (exact) mass is 272 g/mol. The normalized spacial score (nSPS) is 23.4. The third kappa shape index (κ3) is 2.50. The van der Waals surface area contributed by atoms with Gasteiger partial charge in [0.2, 0.25) is 10.0 Å².